The molecular weight excluding hydrogens is 267 g/mol. The lowest BCUT2D eigenvalue weighted by atomic mass is 10.0. The topological polar surface area (TPSA) is 23.5 Å². The molecule has 0 spiro atoms. The lowest BCUT2D eigenvalue weighted by Gasteiger charge is -2.23. The highest BCUT2D eigenvalue weighted by molar-refractivity contribution is 5.87. The molecule has 2 aromatic carbocycles. The molecule has 0 aliphatic carbocycles. The highest BCUT2D eigenvalue weighted by Crippen LogP contribution is 2.29. The van der Waals surface area contributed by atoms with E-state index in [0.29, 0.717) is 5.56 Å². The summed E-state index contributed by atoms with van der Waals surface area (Å²) < 4.78 is 37.5. The van der Waals surface area contributed by atoms with Crippen LogP contribution in [0.15, 0.2) is 36.4 Å². The van der Waals surface area contributed by atoms with Gasteiger partial charge in [-0.2, -0.15) is 13.2 Å². The fourth-order valence-electron chi connectivity index (χ4n) is 2.25. The largest absolute Gasteiger partial charge is 0.508 e. The molecule has 0 amide bonds. The average Bonchev–Trinajstić information content (AvgIpc) is 2.39. The van der Waals surface area contributed by atoms with Gasteiger partial charge in [-0.3, -0.25) is 4.90 Å². The molecule has 0 aliphatic rings. The first kappa shape index (κ1) is 14.7. The molecule has 5 heteroatoms. The molecular formula is C15H16F3NO. The minimum atomic E-state index is -4.24. The van der Waals surface area contributed by atoms with E-state index in [2.05, 4.69) is 0 Å². The molecule has 0 aliphatic heterocycles. The van der Waals surface area contributed by atoms with Crippen LogP contribution >= 0.6 is 0 Å². The number of alkyl halides is 3. The molecule has 0 unspecified atom stereocenters. The third-order valence-corrected chi connectivity index (χ3v) is 3.25. The van der Waals surface area contributed by atoms with Gasteiger partial charge in [0.05, 0.1) is 6.54 Å². The number of halogens is 3. The number of benzene rings is 2. The van der Waals surface area contributed by atoms with Gasteiger partial charge in [0, 0.05) is 12.1 Å². The van der Waals surface area contributed by atoms with Gasteiger partial charge in [-0.05, 0) is 23.4 Å². The first-order chi connectivity index (χ1) is 9.40. The minimum absolute atomic E-state index is 0.0318. The third-order valence-electron chi connectivity index (χ3n) is 3.25. The number of rotatable bonds is 4. The quantitative estimate of drug-likeness (QED) is 0.919. The van der Waals surface area contributed by atoms with E-state index in [1.165, 1.54) is 11.0 Å². The summed E-state index contributed by atoms with van der Waals surface area (Å²) in [7, 11) is 0. The second kappa shape index (κ2) is 5.71. The van der Waals surface area contributed by atoms with Gasteiger partial charge in [-0.15, -0.1) is 0 Å². The molecule has 0 saturated heterocycles. The van der Waals surface area contributed by atoms with Crippen molar-refractivity contribution in [2.75, 3.05) is 13.1 Å². The second-order valence-corrected chi connectivity index (χ2v) is 4.70. The summed E-state index contributed by atoms with van der Waals surface area (Å²) in [5.74, 6) is 0.0318. The van der Waals surface area contributed by atoms with E-state index in [4.69, 9.17) is 0 Å². The van der Waals surface area contributed by atoms with Crippen LogP contribution in [0.1, 0.15) is 12.5 Å². The van der Waals surface area contributed by atoms with Crippen LogP contribution in [-0.2, 0) is 6.54 Å². The van der Waals surface area contributed by atoms with E-state index < -0.39 is 12.7 Å². The lowest BCUT2D eigenvalue weighted by Crippen LogP contribution is -2.33. The highest BCUT2D eigenvalue weighted by atomic mass is 19.4. The summed E-state index contributed by atoms with van der Waals surface area (Å²) >= 11 is 0. The van der Waals surface area contributed by atoms with Crippen LogP contribution in [0.5, 0.6) is 5.75 Å². The molecule has 108 valence electrons. The van der Waals surface area contributed by atoms with Gasteiger partial charge >= 0.3 is 6.18 Å². The molecule has 0 bridgehead atoms. The molecule has 0 atom stereocenters. The molecule has 1 N–H and O–H groups in total. The van der Waals surface area contributed by atoms with Crippen LogP contribution in [0.4, 0.5) is 13.2 Å². The maximum atomic E-state index is 12.5. The Morgan fingerprint density at radius 3 is 2.45 bits per heavy atom. The van der Waals surface area contributed by atoms with Crippen LogP contribution < -0.4 is 0 Å². The first-order valence-electron chi connectivity index (χ1n) is 6.39. The van der Waals surface area contributed by atoms with Crippen LogP contribution in [0, 0.1) is 0 Å². The fourth-order valence-corrected chi connectivity index (χ4v) is 2.25. The molecule has 0 radical (unpaired) electrons. The molecule has 0 heterocycles. The van der Waals surface area contributed by atoms with Crippen molar-refractivity contribution in [3.05, 3.63) is 42.0 Å². The molecule has 0 saturated carbocycles. The Hall–Kier alpha value is -1.75. The Labute approximate surface area is 115 Å². The second-order valence-electron chi connectivity index (χ2n) is 4.70. The summed E-state index contributed by atoms with van der Waals surface area (Å²) in [6.07, 6.45) is -4.24. The van der Waals surface area contributed by atoms with Crippen molar-refractivity contribution in [2.24, 2.45) is 0 Å². The van der Waals surface area contributed by atoms with Crippen LogP contribution in [0.25, 0.3) is 10.8 Å². The zero-order valence-corrected chi connectivity index (χ0v) is 11.1. The standard InChI is InChI=1S/C15H16F3NO/c1-2-19(10-15(16,17)18)9-13-12-6-4-3-5-11(12)7-8-14(13)20/h3-8,20H,2,9-10H2,1H3. The van der Waals surface area contributed by atoms with Gasteiger partial charge in [0.15, 0.2) is 0 Å². The van der Waals surface area contributed by atoms with Crippen molar-refractivity contribution < 1.29 is 18.3 Å². The van der Waals surface area contributed by atoms with Crippen LogP contribution in [0.3, 0.4) is 0 Å². The van der Waals surface area contributed by atoms with E-state index >= 15 is 0 Å². The minimum Gasteiger partial charge on any atom is -0.508 e. The van der Waals surface area contributed by atoms with Gasteiger partial charge < -0.3 is 5.11 Å². The first-order valence-corrected chi connectivity index (χ1v) is 6.39. The summed E-state index contributed by atoms with van der Waals surface area (Å²) in [5.41, 5.74) is 0.536. The number of phenols is 1. The van der Waals surface area contributed by atoms with E-state index in [9.17, 15) is 18.3 Å². The monoisotopic (exact) mass is 283 g/mol. The summed E-state index contributed by atoms with van der Waals surface area (Å²) in [5, 5.41) is 11.6. The van der Waals surface area contributed by atoms with Crippen molar-refractivity contribution in [1.82, 2.24) is 4.90 Å². The Morgan fingerprint density at radius 2 is 1.80 bits per heavy atom. The highest BCUT2D eigenvalue weighted by Gasteiger charge is 2.30. The van der Waals surface area contributed by atoms with E-state index in [-0.39, 0.29) is 18.8 Å². The predicted octanol–water partition coefficient (Wildman–Crippen LogP) is 3.93. The van der Waals surface area contributed by atoms with Crippen LogP contribution in [0.2, 0.25) is 0 Å². The fraction of sp³-hybridized carbons (Fsp3) is 0.333. The number of hydrogen-bond acceptors (Lipinski definition) is 2. The third kappa shape index (κ3) is 3.42. The molecule has 2 aromatic rings. The average molecular weight is 283 g/mol. The van der Waals surface area contributed by atoms with Crippen molar-refractivity contribution in [2.45, 2.75) is 19.6 Å². The molecule has 0 fully saturated rings. The van der Waals surface area contributed by atoms with Crippen molar-refractivity contribution >= 4 is 10.8 Å². The molecule has 2 nitrogen and oxygen atoms in total. The van der Waals surface area contributed by atoms with Gasteiger partial charge in [-0.25, -0.2) is 0 Å². The number of fused-ring (bicyclic) bond motifs is 1. The van der Waals surface area contributed by atoms with Gasteiger partial charge in [-0.1, -0.05) is 37.3 Å². The predicted molar refractivity (Wildman–Crippen MR) is 72.6 cm³/mol. The lowest BCUT2D eigenvalue weighted by molar-refractivity contribution is -0.146. The number of phenolic OH excluding ortho intramolecular Hbond substituents is 1. The Kier molecular flexibility index (Phi) is 4.18. The molecule has 2 rings (SSSR count). The molecule has 20 heavy (non-hydrogen) atoms. The maximum absolute atomic E-state index is 12.5. The zero-order valence-electron chi connectivity index (χ0n) is 11.1. The Morgan fingerprint density at radius 1 is 1.10 bits per heavy atom. The molecule has 0 aromatic heterocycles. The Bertz CT molecular complexity index is 595. The van der Waals surface area contributed by atoms with E-state index in [0.717, 1.165) is 10.8 Å². The maximum Gasteiger partial charge on any atom is 0.401 e. The van der Waals surface area contributed by atoms with Gasteiger partial charge in [0.2, 0.25) is 0 Å². The zero-order chi connectivity index (χ0) is 14.8. The normalized spacial score (nSPS) is 12.2. The van der Waals surface area contributed by atoms with Crippen LogP contribution in [-0.4, -0.2) is 29.3 Å². The SMILES string of the molecule is CCN(Cc1c(O)ccc2ccccc12)CC(F)(F)F. The summed E-state index contributed by atoms with van der Waals surface area (Å²) in [6, 6.07) is 10.6. The number of aromatic hydroxyl groups is 1. The van der Waals surface area contributed by atoms with E-state index in [1.807, 2.05) is 24.3 Å². The van der Waals surface area contributed by atoms with Crippen molar-refractivity contribution in [3.63, 3.8) is 0 Å². The van der Waals surface area contributed by atoms with Crippen molar-refractivity contribution in [3.8, 4) is 5.75 Å². The Balaban J connectivity index is 2.34. The number of hydrogen-bond donors (Lipinski definition) is 1. The smallest absolute Gasteiger partial charge is 0.401 e. The summed E-state index contributed by atoms with van der Waals surface area (Å²) in [6.45, 7) is 1.03. The van der Waals surface area contributed by atoms with Gasteiger partial charge in [0.25, 0.3) is 0 Å². The van der Waals surface area contributed by atoms with Crippen molar-refractivity contribution in [1.29, 1.82) is 0 Å². The summed E-state index contributed by atoms with van der Waals surface area (Å²) in [4.78, 5) is 1.27. The van der Waals surface area contributed by atoms with Gasteiger partial charge in [0.1, 0.15) is 5.75 Å². The number of nitrogens with zero attached hydrogens (tertiary/aromatic N) is 1. The van der Waals surface area contributed by atoms with E-state index in [1.54, 1.807) is 13.0 Å².